The lowest BCUT2D eigenvalue weighted by molar-refractivity contribution is 0.105. The summed E-state index contributed by atoms with van der Waals surface area (Å²) in [5.74, 6) is 1.22. The van der Waals surface area contributed by atoms with Crippen LogP contribution in [0.2, 0.25) is 0 Å². The van der Waals surface area contributed by atoms with Gasteiger partial charge in [0.15, 0.2) is 0 Å². The Morgan fingerprint density at radius 1 is 0.958 bits per heavy atom. The van der Waals surface area contributed by atoms with Crippen molar-refractivity contribution in [2.75, 3.05) is 0 Å². The fourth-order valence-electron chi connectivity index (χ4n) is 2.86. The van der Waals surface area contributed by atoms with Gasteiger partial charge in [0.2, 0.25) is 0 Å². The number of hydrogen-bond acceptors (Lipinski definition) is 2. The van der Waals surface area contributed by atoms with Gasteiger partial charge in [-0.05, 0) is 79.6 Å². The maximum Gasteiger partial charge on any atom is 0.124 e. The monoisotopic (exact) mass is 320 g/mol. The minimum Gasteiger partial charge on any atom is -0.508 e. The number of aromatic hydroxyl groups is 1. The van der Waals surface area contributed by atoms with E-state index in [4.69, 9.17) is 4.74 Å². The lowest BCUT2D eigenvalue weighted by Gasteiger charge is -2.24. The van der Waals surface area contributed by atoms with Gasteiger partial charge in [-0.15, -0.1) is 0 Å². The molecule has 1 unspecified atom stereocenters. The number of phenols is 1. The smallest absolute Gasteiger partial charge is 0.124 e. The van der Waals surface area contributed by atoms with E-state index in [1.807, 2.05) is 31.2 Å². The minimum atomic E-state index is 0.000837. The Bertz CT molecular complexity index is 800. The molecule has 0 saturated heterocycles. The van der Waals surface area contributed by atoms with Gasteiger partial charge in [0, 0.05) is 0 Å². The summed E-state index contributed by atoms with van der Waals surface area (Å²) >= 11 is 0. The Labute approximate surface area is 144 Å². The average Bonchev–Trinajstić information content (AvgIpc) is 2.59. The molecule has 1 aliphatic rings. The van der Waals surface area contributed by atoms with Gasteiger partial charge in [-0.1, -0.05) is 36.4 Å². The fraction of sp³-hybridized carbons (Fsp3) is 0.273. The van der Waals surface area contributed by atoms with Crippen LogP contribution in [0, 0.1) is 20.8 Å². The van der Waals surface area contributed by atoms with Crippen LogP contribution in [0.15, 0.2) is 54.3 Å². The highest BCUT2D eigenvalue weighted by Gasteiger charge is 2.18. The summed E-state index contributed by atoms with van der Waals surface area (Å²) in [6.07, 6.45) is 8.16. The maximum absolute atomic E-state index is 9.91. The standard InChI is InChI=1S/C22H24O2/c1-15-7-9-18(13-17(15)3)10-12-20-5-4-6-22(24-20)19-11-8-16(2)21(23)14-19/h5,7-14,22-23H,4,6H2,1-3H3/b12-10+. The molecule has 1 N–H and O–H groups in total. The average molecular weight is 320 g/mol. The Hall–Kier alpha value is -2.48. The van der Waals surface area contributed by atoms with Crippen LogP contribution in [0.5, 0.6) is 5.75 Å². The molecule has 124 valence electrons. The van der Waals surface area contributed by atoms with E-state index in [9.17, 15) is 5.11 Å². The first-order valence-electron chi connectivity index (χ1n) is 8.44. The highest BCUT2D eigenvalue weighted by atomic mass is 16.5. The van der Waals surface area contributed by atoms with Crippen LogP contribution in [-0.4, -0.2) is 5.11 Å². The van der Waals surface area contributed by atoms with Crippen LogP contribution in [0.3, 0.4) is 0 Å². The predicted molar refractivity (Wildman–Crippen MR) is 98.9 cm³/mol. The lowest BCUT2D eigenvalue weighted by atomic mass is 10.0. The van der Waals surface area contributed by atoms with Gasteiger partial charge in [-0.3, -0.25) is 0 Å². The zero-order valence-corrected chi connectivity index (χ0v) is 14.5. The molecular formula is C22H24O2. The largest absolute Gasteiger partial charge is 0.508 e. The molecule has 1 atom stereocenters. The molecule has 0 amide bonds. The Balaban J connectivity index is 1.73. The number of phenolic OH excluding ortho intramolecular Hbond substituents is 1. The fourth-order valence-corrected chi connectivity index (χ4v) is 2.86. The van der Waals surface area contributed by atoms with Crippen molar-refractivity contribution in [3.63, 3.8) is 0 Å². The van der Waals surface area contributed by atoms with Crippen molar-refractivity contribution in [2.24, 2.45) is 0 Å². The molecule has 0 bridgehead atoms. The number of rotatable bonds is 3. The molecule has 24 heavy (non-hydrogen) atoms. The van der Waals surface area contributed by atoms with Crippen molar-refractivity contribution in [1.29, 1.82) is 0 Å². The number of ether oxygens (including phenoxy) is 1. The zero-order chi connectivity index (χ0) is 17.1. The van der Waals surface area contributed by atoms with Gasteiger partial charge >= 0.3 is 0 Å². The van der Waals surface area contributed by atoms with E-state index >= 15 is 0 Å². The number of aryl methyl sites for hydroxylation is 3. The van der Waals surface area contributed by atoms with Crippen molar-refractivity contribution >= 4 is 6.08 Å². The van der Waals surface area contributed by atoms with Gasteiger partial charge in [0.05, 0.1) is 0 Å². The number of hydrogen-bond donors (Lipinski definition) is 1. The van der Waals surface area contributed by atoms with Crippen LogP contribution >= 0.6 is 0 Å². The lowest BCUT2D eigenvalue weighted by Crippen LogP contribution is -2.07. The first-order valence-corrected chi connectivity index (χ1v) is 8.44. The molecule has 1 aliphatic heterocycles. The third kappa shape index (κ3) is 3.70. The third-order valence-electron chi connectivity index (χ3n) is 4.63. The molecule has 3 rings (SSSR count). The SMILES string of the molecule is Cc1ccc(/C=C/C2=CCCC(c3ccc(C)c(O)c3)O2)cc1C. The molecule has 2 aromatic rings. The summed E-state index contributed by atoms with van der Waals surface area (Å²) in [5, 5.41) is 9.91. The van der Waals surface area contributed by atoms with Crippen molar-refractivity contribution < 1.29 is 9.84 Å². The van der Waals surface area contributed by atoms with Crippen LogP contribution in [0.1, 0.15) is 46.8 Å². The van der Waals surface area contributed by atoms with Crippen molar-refractivity contribution in [2.45, 2.75) is 39.7 Å². The van der Waals surface area contributed by atoms with Crippen molar-refractivity contribution in [1.82, 2.24) is 0 Å². The highest BCUT2D eigenvalue weighted by molar-refractivity contribution is 5.54. The Morgan fingerprint density at radius 2 is 1.75 bits per heavy atom. The van der Waals surface area contributed by atoms with E-state index in [1.54, 1.807) is 0 Å². The van der Waals surface area contributed by atoms with Gasteiger partial charge in [0.1, 0.15) is 17.6 Å². The first kappa shape index (κ1) is 16.4. The summed E-state index contributed by atoms with van der Waals surface area (Å²) in [5.41, 5.74) is 5.70. The summed E-state index contributed by atoms with van der Waals surface area (Å²) in [7, 11) is 0. The molecule has 1 heterocycles. The first-order chi connectivity index (χ1) is 11.5. The van der Waals surface area contributed by atoms with E-state index in [0.717, 1.165) is 29.7 Å². The van der Waals surface area contributed by atoms with Crippen molar-refractivity contribution in [3.05, 3.63) is 82.1 Å². The van der Waals surface area contributed by atoms with Crippen LogP contribution in [0.4, 0.5) is 0 Å². The molecule has 2 heteroatoms. The molecule has 2 nitrogen and oxygen atoms in total. The minimum absolute atomic E-state index is 0.000837. The zero-order valence-electron chi connectivity index (χ0n) is 14.5. The van der Waals surface area contributed by atoms with Gasteiger partial charge in [-0.25, -0.2) is 0 Å². The Morgan fingerprint density at radius 3 is 2.50 bits per heavy atom. The number of benzene rings is 2. The van der Waals surface area contributed by atoms with Gasteiger partial charge in [0.25, 0.3) is 0 Å². The molecule has 0 saturated carbocycles. The maximum atomic E-state index is 9.91. The van der Waals surface area contributed by atoms with E-state index in [0.29, 0.717) is 5.75 Å². The molecule has 2 aromatic carbocycles. The second-order valence-electron chi connectivity index (χ2n) is 6.51. The second-order valence-corrected chi connectivity index (χ2v) is 6.51. The molecule has 0 radical (unpaired) electrons. The van der Waals surface area contributed by atoms with Crippen LogP contribution in [0.25, 0.3) is 6.08 Å². The molecule has 0 fully saturated rings. The van der Waals surface area contributed by atoms with E-state index in [1.165, 1.54) is 16.7 Å². The van der Waals surface area contributed by atoms with E-state index in [-0.39, 0.29) is 6.10 Å². The van der Waals surface area contributed by atoms with Crippen LogP contribution < -0.4 is 0 Å². The summed E-state index contributed by atoms with van der Waals surface area (Å²) in [6, 6.07) is 12.2. The third-order valence-corrected chi connectivity index (χ3v) is 4.63. The second kappa shape index (κ2) is 6.96. The van der Waals surface area contributed by atoms with Gasteiger partial charge < -0.3 is 9.84 Å². The molecule has 0 aromatic heterocycles. The van der Waals surface area contributed by atoms with E-state index < -0.39 is 0 Å². The molecular weight excluding hydrogens is 296 g/mol. The van der Waals surface area contributed by atoms with Crippen molar-refractivity contribution in [3.8, 4) is 5.75 Å². The Kier molecular flexibility index (Phi) is 4.75. The number of allylic oxidation sites excluding steroid dienone is 2. The quantitative estimate of drug-likeness (QED) is 0.778. The summed E-state index contributed by atoms with van der Waals surface area (Å²) in [4.78, 5) is 0. The topological polar surface area (TPSA) is 29.5 Å². The van der Waals surface area contributed by atoms with Crippen LogP contribution in [-0.2, 0) is 4.74 Å². The summed E-state index contributed by atoms with van der Waals surface area (Å²) in [6.45, 7) is 6.15. The normalized spacial score (nSPS) is 17.6. The predicted octanol–water partition coefficient (Wildman–Crippen LogP) is 5.77. The highest BCUT2D eigenvalue weighted by Crippen LogP contribution is 2.33. The molecule has 0 spiro atoms. The van der Waals surface area contributed by atoms with Gasteiger partial charge in [-0.2, -0.15) is 0 Å². The molecule has 0 aliphatic carbocycles. The van der Waals surface area contributed by atoms with E-state index in [2.05, 4.69) is 44.2 Å². The summed E-state index contributed by atoms with van der Waals surface area (Å²) < 4.78 is 6.11.